The average Bonchev–Trinajstić information content (AvgIpc) is 2.26. The number of nitrogens with one attached hydrogen (secondary N) is 2. The van der Waals surface area contributed by atoms with Gasteiger partial charge in [0.2, 0.25) is 10.0 Å². The summed E-state index contributed by atoms with van der Waals surface area (Å²) in [6.07, 6.45) is 0. The molecule has 0 saturated carbocycles. The zero-order valence-corrected chi connectivity index (χ0v) is 15.3. The van der Waals surface area contributed by atoms with E-state index in [1.54, 1.807) is 26.8 Å². The van der Waals surface area contributed by atoms with E-state index in [-0.39, 0.29) is 17.5 Å². The third-order valence-corrected chi connectivity index (χ3v) is 4.73. The molecule has 7 heteroatoms. The highest BCUT2D eigenvalue weighted by Gasteiger charge is 2.26. The number of benzene rings is 1. The Balaban J connectivity index is 3.25. The second kappa shape index (κ2) is 6.73. The second-order valence-corrected chi connectivity index (χ2v) is 8.83. The van der Waals surface area contributed by atoms with Gasteiger partial charge in [-0.25, -0.2) is 17.5 Å². The van der Waals surface area contributed by atoms with Crippen molar-refractivity contribution >= 4 is 26.0 Å². The normalized spacial score (nSPS) is 13.0. The van der Waals surface area contributed by atoms with E-state index in [0.29, 0.717) is 10.0 Å². The molecule has 2 N–H and O–H groups in total. The zero-order chi connectivity index (χ0) is 16.4. The summed E-state index contributed by atoms with van der Waals surface area (Å²) >= 11 is 3.24. The fourth-order valence-corrected chi connectivity index (χ4v) is 3.94. The van der Waals surface area contributed by atoms with Crippen LogP contribution in [0.1, 0.15) is 40.2 Å². The van der Waals surface area contributed by atoms with Gasteiger partial charge in [0.05, 0.1) is 0 Å². The summed E-state index contributed by atoms with van der Waals surface area (Å²) in [4.78, 5) is -0.340. The Bertz CT molecular complexity index is 610. The van der Waals surface area contributed by atoms with Crippen LogP contribution in [-0.4, -0.2) is 20.0 Å². The van der Waals surface area contributed by atoms with Crippen molar-refractivity contribution in [2.24, 2.45) is 0 Å². The Labute approximate surface area is 134 Å². The van der Waals surface area contributed by atoms with Gasteiger partial charge in [-0.3, -0.25) is 0 Å². The molecule has 0 saturated heterocycles. The molecule has 0 amide bonds. The predicted molar refractivity (Wildman–Crippen MR) is 86.2 cm³/mol. The summed E-state index contributed by atoms with van der Waals surface area (Å²) in [7, 11) is -3.91. The molecule has 0 unspecified atom stereocenters. The minimum absolute atomic E-state index is 0.177. The fraction of sp³-hybridized carbons (Fsp3) is 0.571. The molecular formula is C14H22BrFN2O2S. The van der Waals surface area contributed by atoms with Crippen LogP contribution in [0.3, 0.4) is 0 Å². The van der Waals surface area contributed by atoms with Gasteiger partial charge in [0.25, 0.3) is 0 Å². The lowest BCUT2D eigenvalue weighted by Crippen LogP contribution is -2.41. The first-order chi connectivity index (χ1) is 9.42. The molecule has 1 aromatic rings. The van der Waals surface area contributed by atoms with Crippen LogP contribution in [0.5, 0.6) is 0 Å². The Morgan fingerprint density at radius 2 is 1.86 bits per heavy atom. The van der Waals surface area contributed by atoms with Crippen LogP contribution >= 0.6 is 15.9 Å². The maximum atomic E-state index is 14.5. The van der Waals surface area contributed by atoms with Gasteiger partial charge >= 0.3 is 0 Å². The highest BCUT2D eigenvalue weighted by molar-refractivity contribution is 9.10. The molecule has 0 atom stereocenters. The second-order valence-electron chi connectivity index (χ2n) is 6.27. The number of halogens is 2. The fourth-order valence-electron chi connectivity index (χ4n) is 1.71. The quantitative estimate of drug-likeness (QED) is 0.824. The first-order valence-electron chi connectivity index (χ1n) is 6.67. The van der Waals surface area contributed by atoms with Crippen LogP contribution in [-0.2, 0) is 16.6 Å². The highest BCUT2D eigenvalue weighted by Crippen LogP contribution is 2.25. The van der Waals surface area contributed by atoms with Gasteiger partial charge in [-0.05, 0) is 32.9 Å². The number of rotatable bonds is 5. The molecule has 120 valence electrons. The molecular weight excluding hydrogens is 359 g/mol. The van der Waals surface area contributed by atoms with Crippen molar-refractivity contribution in [3.63, 3.8) is 0 Å². The van der Waals surface area contributed by atoms with Gasteiger partial charge in [-0.1, -0.05) is 29.8 Å². The monoisotopic (exact) mass is 380 g/mol. The Hall–Kier alpha value is -0.500. The van der Waals surface area contributed by atoms with Gasteiger partial charge in [0.1, 0.15) is 10.7 Å². The van der Waals surface area contributed by atoms with Crippen LogP contribution in [0.4, 0.5) is 4.39 Å². The summed E-state index contributed by atoms with van der Waals surface area (Å²) in [6, 6.07) is 3.04. The molecule has 21 heavy (non-hydrogen) atoms. The molecule has 1 aromatic carbocycles. The van der Waals surface area contributed by atoms with Crippen molar-refractivity contribution in [1.82, 2.24) is 10.0 Å². The van der Waals surface area contributed by atoms with Crippen molar-refractivity contribution in [3.05, 3.63) is 28.0 Å². The number of hydrogen-bond donors (Lipinski definition) is 2. The third kappa shape index (κ3) is 5.65. The van der Waals surface area contributed by atoms with Crippen molar-refractivity contribution in [3.8, 4) is 0 Å². The lowest BCUT2D eigenvalue weighted by atomic mass is 10.1. The third-order valence-electron chi connectivity index (χ3n) is 2.51. The Kier molecular flexibility index (Phi) is 5.94. The molecule has 0 bridgehead atoms. The molecule has 0 fully saturated rings. The maximum absolute atomic E-state index is 14.5. The van der Waals surface area contributed by atoms with Gasteiger partial charge in [-0.2, -0.15) is 0 Å². The molecule has 4 nitrogen and oxygen atoms in total. The molecule has 0 aliphatic rings. The lowest BCUT2D eigenvalue weighted by molar-refractivity contribution is 0.483. The lowest BCUT2D eigenvalue weighted by Gasteiger charge is -2.21. The van der Waals surface area contributed by atoms with E-state index >= 15 is 0 Å². The van der Waals surface area contributed by atoms with Gasteiger partial charge in [0, 0.05) is 28.2 Å². The van der Waals surface area contributed by atoms with E-state index in [1.165, 1.54) is 6.07 Å². The molecule has 0 aromatic heterocycles. The van der Waals surface area contributed by atoms with Crippen LogP contribution in [0.2, 0.25) is 0 Å². The minimum Gasteiger partial charge on any atom is -0.310 e. The van der Waals surface area contributed by atoms with Gasteiger partial charge in [-0.15, -0.1) is 0 Å². The average molecular weight is 381 g/mol. The van der Waals surface area contributed by atoms with Crippen molar-refractivity contribution in [2.45, 2.75) is 57.6 Å². The first kappa shape index (κ1) is 18.5. The SMILES string of the molecule is CC(C)NCc1cc(Br)cc(S(=O)(=O)NC(C)(C)C)c1F. The zero-order valence-electron chi connectivity index (χ0n) is 12.9. The molecule has 0 heterocycles. The van der Waals surface area contributed by atoms with Crippen molar-refractivity contribution in [2.75, 3.05) is 0 Å². The molecule has 0 spiro atoms. The van der Waals surface area contributed by atoms with Crippen LogP contribution in [0.15, 0.2) is 21.5 Å². The summed E-state index contributed by atoms with van der Waals surface area (Å²) < 4.78 is 42.1. The first-order valence-corrected chi connectivity index (χ1v) is 8.95. The van der Waals surface area contributed by atoms with Gasteiger partial charge in [0.15, 0.2) is 0 Å². The minimum atomic E-state index is -3.91. The molecule has 0 aliphatic heterocycles. The van der Waals surface area contributed by atoms with Crippen LogP contribution in [0.25, 0.3) is 0 Å². The number of hydrogen-bond acceptors (Lipinski definition) is 3. The largest absolute Gasteiger partial charge is 0.310 e. The van der Waals surface area contributed by atoms with E-state index in [1.807, 2.05) is 13.8 Å². The van der Waals surface area contributed by atoms with Crippen molar-refractivity contribution < 1.29 is 12.8 Å². The van der Waals surface area contributed by atoms with E-state index in [9.17, 15) is 12.8 Å². The Morgan fingerprint density at radius 1 is 1.29 bits per heavy atom. The summed E-state index contributed by atoms with van der Waals surface area (Å²) in [5.74, 6) is -0.719. The maximum Gasteiger partial charge on any atom is 0.244 e. The Morgan fingerprint density at radius 3 is 2.33 bits per heavy atom. The smallest absolute Gasteiger partial charge is 0.244 e. The van der Waals surface area contributed by atoms with E-state index in [4.69, 9.17) is 0 Å². The van der Waals surface area contributed by atoms with Crippen molar-refractivity contribution in [1.29, 1.82) is 0 Å². The van der Waals surface area contributed by atoms with E-state index in [2.05, 4.69) is 26.0 Å². The molecule has 0 radical (unpaired) electrons. The number of sulfonamides is 1. The summed E-state index contributed by atoms with van der Waals surface area (Å²) in [6.45, 7) is 9.27. The summed E-state index contributed by atoms with van der Waals surface area (Å²) in [5.41, 5.74) is -0.364. The van der Waals surface area contributed by atoms with Gasteiger partial charge < -0.3 is 5.32 Å². The highest BCUT2D eigenvalue weighted by atomic mass is 79.9. The predicted octanol–water partition coefficient (Wildman–Crippen LogP) is 3.16. The van der Waals surface area contributed by atoms with E-state index < -0.39 is 21.4 Å². The molecule has 0 aliphatic carbocycles. The van der Waals surface area contributed by atoms with Crippen LogP contribution in [0, 0.1) is 5.82 Å². The standard InChI is InChI=1S/C14H22BrFN2O2S/c1-9(2)17-8-10-6-11(15)7-12(13(10)16)21(19,20)18-14(3,4)5/h6-7,9,17-18H,8H2,1-5H3. The van der Waals surface area contributed by atoms with E-state index in [0.717, 1.165) is 0 Å². The molecule has 1 rings (SSSR count). The topological polar surface area (TPSA) is 58.2 Å². The van der Waals surface area contributed by atoms with Crippen LogP contribution < -0.4 is 10.0 Å². The summed E-state index contributed by atoms with van der Waals surface area (Å²) in [5, 5.41) is 3.08.